The predicted octanol–water partition coefficient (Wildman–Crippen LogP) is 4.23. The number of benzene rings is 2. The molecule has 154 valence electrons. The average molecular weight is 398 g/mol. The first-order valence-electron chi connectivity index (χ1n) is 9.57. The Labute approximate surface area is 170 Å². The molecule has 0 spiro atoms. The average Bonchev–Trinajstić information content (AvgIpc) is 2.66. The second-order valence-corrected chi connectivity index (χ2v) is 7.66. The summed E-state index contributed by atoms with van der Waals surface area (Å²) >= 11 is 0. The highest BCUT2D eigenvalue weighted by Crippen LogP contribution is 2.34. The number of carbonyl (C=O) groups excluding carboxylic acids is 2. The Hall–Kier alpha value is -3.22. The molecule has 2 aromatic rings. The zero-order valence-electron chi connectivity index (χ0n) is 16.9. The summed E-state index contributed by atoms with van der Waals surface area (Å²) in [4.78, 5) is 26.1. The summed E-state index contributed by atoms with van der Waals surface area (Å²) < 4.78 is 16.5. The van der Waals surface area contributed by atoms with Gasteiger partial charge in [0.25, 0.3) is 5.91 Å². The second kappa shape index (κ2) is 8.86. The first kappa shape index (κ1) is 20.5. The monoisotopic (exact) mass is 398 g/mol. The summed E-state index contributed by atoms with van der Waals surface area (Å²) in [5, 5.41) is 2.69. The Morgan fingerprint density at radius 3 is 2.66 bits per heavy atom. The minimum Gasteiger partial charge on any atom is -0.494 e. The SMILES string of the molecule is CC(C)(C)OC(=O)Nc1ccc2c(c1)N(CCCOc1ccccc1)C(=O)CO2. The molecule has 0 atom stereocenters. The lowest BCUT2D eigenvalue weighted by atomic mass is 10.2. The minimum atomic E-state index is -0.595. The summed E-state index contributed by atoms with van der Waals surface area (Å²) in [6.45, 7) is 6.35. The van der Waals surface area contributed by atoms with E-state index in [1.807, 2.05) is 30.3 Å². The molecule has 2 amide bonds. The lowest BCUT2D eigenvalue weighted by Gasteiger charge is -2.30. The van der Waals surface area contributed by atoms with Gasteiger partial charge in [-0.1, -0.05) is 18.2 Å². The Kier molecular flexibility index (Phi) is 6.26. The second-order valence-electron chi connectivity index (χ2n) is 7.66. The molecule has 1 aliphatic rings. The van der Waals surface area contributed by atoms with E-state index in [0.29, 0.717) is 36.7 Å². The highest BCUT2D eigenvalue weighted by atomic mass is 16.6. The number of para-hydroxylation sites is 1. The molecule has 3 rings (SSSR count). The van der Waals surface area contributed by atoms with Crippen molar-refractivity contribution in [3.05, 3.63) is 48.5 Å². The van der Waals surface area contributed by atoms with Crippen LogP contribution in [0.4, 0.5) is 16.2 Å². The number of nitrogens with zero attached hydrogens (tertiary/aromatic N) is 1. The first-order valence-corrected chi connectivity index (χ1v) is 9.57. The van der Waals surface area contributed by atoms with Crippen molar-refractivity contribution in [1.29, 1.82) is 0 Å². The zero-order valence-corrected chi connectivity index (χ0v) is 16.9. The molecule has 0 radical (unpaired) electrons. The third-order valence-corrected chi connectivity index (χ3v) is 4.09. The van der Waals surface area contributed by atoms with Crippen molar-refractivity contribution >= 4 is 23.4 Å². The van der Waals surface area contributed by atoms with Crippen LogP contribution in [0, 0.1) is 0 Å². The summed E-state index contributed by atoms with van der Waals surface area (Å²) in [6, 6.07) is 14.7. The summed E-state index contributed by atoms with van der Waals surface area (Å²) in [5.41, 5.74) is 0.554. The third kappa shape index (κ3) is 5.88. The van der Waals surface area contributed by atoms with E-state index in [0.717, 1.165) is 5.75 Å². The molecule has 0 aromatic heterocycles. The molecule has 7 nitrogen and oxygen atoms in total. The molecular weight excluding hydrogens is 372 g/mol. The maximum atomic E-state index is 12.4. The first-order chi connectivity index (χ1) is 13.8. The van der Waals surface area contributed by atoms with Gasteiger partial charge in [-0.25, -0.2) is 4.79 Å². The fourth-order valence-electron chi connectivity index (χ4n) is 2.88. The van der Waals surface area contributed by atoms with Crippen molar-refractivity contribution in [2.75, 3.05) is 30.0 Å². The van der Waals surface area contributed by atoms with Gasteiger partial charge in [0, 0.05) is 12.2 Å². The largest absolute Gasteiger partial charge is 0.494 e. The highest BCUT2D eigenvalue weighted by Gasteiger charge is 2.26. The molecule has 0 bridgehead atoms. The van der Waals surface area contributed by atoms with Crippen LogP contribution >= 0.6 is 0 Å². The molecule has 0 aliphatic carbocycles. The van der Waals surface area contributed by atoms with Crippen LogP contribution in [0.25, 0.3) is 0 Å². The molecular formula is C22H26N2O5. The molecule has 1 N–H and O–H groups in total. The number of hydrogen-bond acceptors (Lipinski definition) is 5. The Balaban J connectivity index is 1.63. The Bertz CT molecular complexity index is 861. The van der Waals surface area contributed by atoms with Crippen molar-refractivity contribution in [2.24, 2.45) is 0 Å². The normalized spacial score (nSPS) is 13.3. The van der Waals surface area contributed by atoms with Crippen molar-refractivity contribution in [1.82, 2.24) is 0 Å². The van der Waals surface area contributed by atoms with Crippen LogP contribution < -0.4 is 19.7 Å². The smallest absolute Gasteiger partial charge is 0.412 e. The topological polar surface area (TPSA) is 77.1 Å². The van der Waals surface area contributed by atoms with E-state index in [9.17, 15) is 9.59 Å². The predicted molar refractivity (Wildman–Crippen MR) is 111 cm³/mol. The lowest BCUT2D eigenvalue weighted by Crippen LogP contribution is -2.40. The molecule has 0 saturated heterocycles. The molecule has 1 aliphatic heterocycles. The zero-order chi connectivity index (χ0) is 20.9. The van der Waals surface area contributed by atoms with Gasteiger partial charge >= 0.3 is 6.09 Å². The number of carbonyl (C=O) groups is 2. The Morgan fingerprint density at radius 2 is 1.93 bits per heavy atom. The number of amides is 2. The van der Waals surface area contributed by atoms with Crippen LogP contribution in [-0.4, -0.2) is 37.4 Å². The van der Waals surface area contributed by atoms with E-state index in [1.165, 1.54) is 0 Å². The maximum absolute atomic E-state index is 12.4. The van der Waals surface area contributed by atoms with Gasteiger partial charge in [0.1, 0.15) is 17.1 Å². The van der Waals surface area contributed by atoms with Gasteiger partial charge in [-0.05, 0) is 57.5 Å². The fourth-order valence-corrected chi connectivity index (χ4v) is 2.88. The minimum absolute atomic E-state index is 0.00855. The van der Waals surface area contributed by atoms with Gasteiger partial charge in [0.15, 0.2) is 6.61 Å². The van der Waals surface area contributed by atoms with E-state index in [2.05, 4.69) is 5.32 Å². The van der Waals surface area contributed by atoms with Gasteiger partial charge in [-0.2, -0.15) is 0 Å². The Morgan fingerprint density at radius 1 is 1.17 bits per heavy atom. The standard InChI is InChI=1S/C22H26N2O5/c1-22(2,3)29-21(26)23-16-10-11-19-18(14-16)24(20(25)15-28-19)12-7-13-27-17-8-5-4-6-9-17/h4-6,8-11,14H,7,12-13,15H2,1-3H3,(H,23,26). The van der Waals surface area contributed by atoms with Gasteiger partial charge in [0.2, 0.25) is 0 Å². The molecule has 0 saturated carbocycles. The van der Waals surface area contributed by atoms with E-state index in [1.54, 1.807) is 43.9 Å². The molecule has 0 fully saturated rings. The fraction of sp³-hybridized carbons (Fsp3) is 0.364. The van der Waals surface area contributed by atoms with Crippen LogP contribution in [0.15, 0.2) is 48.5 Å². The molecule has 7 heteroatoms. The van der Waals surface area contributed by atoms with E-state index >= 15 is 0 Å². The van der Waals surface area contributed by atoms with E-state index in [-0.39, 0.29) is 12.5 Å². The van der Waals surface area contributed by atoms with Crippen molar-refractivity contribution in [2.45, 2.75) is 32.8 Å². The molecule has 1 heterocycles. The number of nitrogens with one attached hydrogen (secondary N) is 1. The van der Waals surface area contributed by atoms with Gasteiger partial charge in [-0.3, -0.25) is 10.1 Å². The highest BCUT2D eigenvalue weighted by molar-refractivity contribution is 5.99. The van der Waals surface area contributed by atoms with E-state index in [4.69, 9.17) is 14.2 Å². The van der Waals surface area contributed by atoms with Gasteiger partial charge in [-0.15, -0.1) is 0 Å². The molecule has 2 aromatic carbocycles. The van der Waals surface area contributed by atoms with Crippen molar-refractivity contribution in [3.63, 3.8) is 0 Å². The molecule has 0 unspecified atom stereocenters. The maximum Gasteiger partial charge on any atom is 0.412 e. The van der Waals surface area contributed by atoms with Crippen LogP contribution in [0.1, 0.15) is 27.2 Å². The van der Waals surface area contributed by atoms with Crippen LogP contribution in [0.5, 0.6) is 11.5 Å². The summed E-state index contributed by atoms with van der Waals surface area (Å²) in [7, 11) is 0. The number of fused-ring (bicyclic) bond motifs is 1. The van der Waals surface area contributed by atoms with Crippen molar-refractivity contribution < 1.29 is 23.8 Å². The number of rotatable bonds is 6. The number of hydrogen-bond donors (Lipinski definition) is 1. The van der Waals surface area contributed by atoms with E-state index < -0.39 is 11.7 Å². The quantitative estimate of drug-likeness (QED) is 0.737. The van der Waals surface area contributed by atoms with Crippen LogP contribution in [0.2, 0.25) is 0 Å². The van der Waals surface area contributed by atoms with Crippen LogP contribution in [-0.2, 0) is 9.53 Å². The van der Waals surface area contributed by atoms with Crippen LogP contribution in [0.3, 0.4) is 0 Å². The molecule has 29 heavy (non-hydrogen) atoms. The van der Waals surface area contributed by atoms with Gasteiger partial charge < -0.3 is 19.1 Å². The number of ether oxygens (including phenoxy) is 3. The number of anilines is 2. The summed E-state index contributed by atoms with van der Waals surface area (Å²) in [5.74, 6) is 1.26. The lowest BCUT2D eigenvalue weighted by molar-refractivity contribution is -0.121. The van der Waals surface area contributed by atoms with Crippen molar-refractivity contribution in [3.8, 4) is 11.5 Å². The third-order valence-electron chi connectivity index (χ3n) is 4.09. The summed E-state index contributed by atoms with van der Waals surface area (Å²) in [6.07, 6.45) is 0.104. The van der Waals surface area contributed by atoms with Gasteiger partial charge in [0.05, 0.1) is 12.3 Å².